The highest BCUT2D eigenvalue weighted by atomic mass is 79.9. The van der Waals surface area contributed by atoms with E-state index in [1.54, 1.807) is 0 Å². The van der Waals surface area contributed by atoms with Gasteiger partial charge in [-0.15, -0.1) is 0 Å². The monoisotopic (exact) mass is 390 g/mol. The van der Waals surface area contributed by atoms with Gasteiger partial charge in [0.2, 0.25) is 5.91 Å². The van der Waals surface area contributed by atoms with Crippen LogP contribution in [0.1, 0.15) is 18.9 Å². The van der Waals surface area contributed by atoms with E-state index in [2.05, 4.69) is 28.2 Å². The van der Waals surface area contributed by atoms with E-state index in [4.69, 9.17) is 4.74 Å². The van der Waals surface area contributed by atoms with Crippen molar-refractivity contribution in [3.05, 3.63) is 58.6 Å². The third kappa shape index (κ3) is 5.65. The fourth-order valence-electron chi connectivity index (χ4n) is 2.32. The standard InChI is InChI=1S/C19H23BrN2O2/c1-3-12-24-18-11-7-6-10-17(18)21-19(23)14-22(2)13-15-8-4-5-9-16(15)20/h4-11H,3,12-14H2,1-2H3,(H,21,23). The Labute approximate surface area is 151 Å². The Bertz CT molecular complexity index is 676. The summed E-state index contributed by atoms with van der Waals surface area (Å²) in [6, 6.07) is 15.5. The van der Waals surface area contributed by atoms with Crippen LogP contribution in [0.5, 0.6) is 5.75 Å². The molecule has 0 fully saturated rings. The number of benzene rings is 2. The van der Waals surface area contributed by atoms with Crippen molar-refractivity contribution < 1.29 is 9.53 Å². The molecule has 0 aromatic heterocycles. The van der Waals surface area contributed by atoms with Crippen LogP contribution in [0.3, 0.4) is 0 Å². The first-order valence-corrected chi connectivity index (χ1v) is 8.83. The number of ether oxygens (including phenoxy) is 1. The van der Waals surface area contributed by atoms with Crippen molar-refractivity contribution in [2.75, 3.05) is 25.5 Å². The maximum atomic E-state index is 12.3. The lowest BCUT2D eigenvalue weighted by atomic mass is 10.2. The summed E-state index contributed by atoms with van der Waals surface area (Å²) in [7, 11) is 1.93. The fraction of sp³-hybridized carbons (Fsp3) is 0.316. The Morgan fingerprint density at radius 2 is 1.88 bits per heavy atom. The van der Waals surface area contributed by atoms with Crippen LogP contribution in [0.25, 0.3) is 0 Å². The van der Waals surface area contributed by atoms with Gasteiger partial charge >= 0.3 is 0 Å². The highest BCUT2D eigenvalue weighted by Crippen LogP contribution is 2.24. The number of para-hydroxylation sites is 2. The number of carbonyl (C=O) groups excluding carboxylic acids is 1. The minimum Gasteiger partial charge on any atom is -0.491 e. The summed E-state index contributed by atoms with van der Waals surface area (Å²) in [5, 5.41) is 2.93. The molecule has 1 N–H and O–H groups in total. The highest BCUT2D eigenvalue weighted by Gasteiger charge is 2.11. The number of carbonyl (C=O) groups is 1. The zero-order chi connectivity index (χ0) is 17.4. The number of nitrogens with zero attached hydrogens (tertiary/aromatic N) is 1. The molecule has 5 heteroatoms. The van der Waals surface area contributed by atoms with E-state index in [1.165, 1.54) is 0 Å². The summed E-state index contributed by atoms with van der Waals surface area (Å²) in [4.78, 5) is 14.3. The van der Waals surface area contributed by atoms with Crippen LogP contribution in [-0.2, 0) is 11.3 Å². The normalized spacial score (nSPS) is 10.7. The van der Waals surface area contributed by atoms with Crippen molar-refractivity contribution in [1.82, 2.24) is 4.90 Å². The summed E-state index contributed by atoms with van der Waals surface area (Å²) in [6.07, 6.45) is 0.928. The van der Waals surface area contributed by atoms with Crippen LogP contribution in [0.15, 0.2) is 53.0 Å². The molecule has 0 aliphatic carbocycles. The first-order chi connectivity index (χ1) is 11.6. The molecule has 4 nitrogen and oxygen atoms in total. The van der Waals surface area contributed by atoms with Crippen LogP contribution in [0.4, 0.5) is 5.69 Å². The second kappa shape index (κ2) is 9.45. The molecule has 128 valence electrons. The van der Waals surface area contributed by atoms with Gasteiger partial charge in [0.25, 0.3) is 0 Å². The summed E-state index contributed by atoms with van der Waals surface area (Å²) >= 11 is 3.53. The van der Waals surface area contributed by atoms with E-state index in [1.807, 2.05) is 60.5 Å². The highest BCUT2D eigenvalue weighted by molar-refractivity contribution is 9.10. The average molecular weight is 391 g/mol. The lowest BCUT2D eigenvalue weighted by Gasteiger charge is -2.18. The molecule has 0 heterocycles. The second-order valence-corrected chi connectivity index (χ2v) is 6.51. The predicted molar refractivity (Wildman–Crippen MR) is 101 cm³/mol. The Morgan fingerprint density at radius 1 is 1.17 bits per heavy atom. The van der Waals surface area contributed by atoms with Gasteiger partial charge in [-0.1, -0.05) is 53.2 Å². The lowest BCUT2D eigenvalue weighted by Crippen LogP contribution is -2.30. The molecule has 0 unspecified atom stereocenters. The van der Waals surface area contributed by atoms with Gasteiger partial charge in [-0.2, -0.15) is 0 Å². The third-order valence-corrected chi connectivity index (χ3v) is 4.21. The fourth-order valence-corrected chi connectivity index (χ4v) is 2.73. The Kier molecular flexibility index (Phi) is 7.28. The number of anilines is 1. The van der Waals surface area contributed by atoms with Crippen molar-refractivity contribution in [2.24, 2.45) is 0 Å². The molecular formula is C19H23BrN2O2. The van der Waals surface area contributed by atoms with Gasteiger partial charge in [0.15, 0.2) is 0 Å². The maximum absolute atomic E-state index is 12.3. The van der Waals surface area contributed by atoms with E-state index in [0.717, 1.165) is 16.5 Å². The van der Waals surface area contributed by atoms with Gasteiger partial charge in [0, 0.05) is 11.0 Å². The van der Waals surface area contributed by atoms with Crippen molar-refractivity contribution >= 4 is 27.5 Å². The summed E-state index contributed by atoms with van der Waals surface area (Å²) in [5.41, 5.74) is 1.87. The first kappa shape index (κ1) is 18.5. The number of hydrogen-bond acceptors (Lipinski definition) is 3. The maximum Gasteiger partial charge on any atom is 0.238 e. The molecule has 2 rings (SSSR count). The van der Waals surface area contributed by atoms with Gasteiger partial charge in [0.1, 0.15) is 5.75 Å². The molecule has 0 atom stereocenters. The molecule has 0 saturated carbocycles. The zero-order valence-electron chi connectivity index (χ0n) is 14.1. The Morgan fingerprint density at radius 3 is 2.62 bits per heavy atom. The quantitative estimate of drug-likeness (QED) is 0.729. The first-order valence-electron chi connectivity index (χ1n) is 8.03. The van der Waals surface area contributed by atoms with E-state index in [0.29, 0.717) is 31.1 Å². The van der Waals surface area contributed by atoms with Crippen LogP contribution in [0, 0.1) is 0 Å². The SMILES string of the molecule is CCCOc1ccccc1NC(=O)CN(C)Cc1ccccc1Br. The zero-order valence-corrected chi connectivity index (χ0v) is 15.7. The minimum atomic E-state index is -0.0582. The van der Waals surface area contributed by atoms with Crippen LogP contribution >= 0.6 is 15.9 Å². The largest absolute Gasteiger partial charge is 0.491 e. The van der Waals surface area contributed by atoms with Crippen molar-refractivity contribution in [2.45, 2.75) is 19.9 Å². The van der Waals surface area contributed by atoms with Gasteiger partial charge in [0.05, 0.1) is 18.8 Å². The summed E-state index contributed by atoms with van der Waals surface area (Å²) in [5.74, 6) is 0.651. The smallest absolute Gasteiger partial charge is 0.238 e. The molecule has 2 aromatic rings. The van der Waals surface area contributed by atoms with E-state index < -0.39 is 0 Å². The number of rotatable bonds is 8. The van der Waals surface area contributed by atoms with E-state index in [-0.39, 0.29) is 5.91 Å². The lowest BCUT2D eigenvalue weighted by molar-refractivity contribution is -0.117. The van der Waals surface area contributed by atoms with Crippen molar-refractivity contribution in [3.8, 4) is 5.75 Å². The molecule has 0 radical (unpaired) electrons. The molecule has 1 amide bonds. The molecular weight excluding hydrogens is 368 g/mol. The molecule has 0 saturated heterocycles. The predicted octanol–water partition coefficient (Wildman–Crippen LogP) is 4.31. The Balaban J connectivity index is 1.92. The number of hydrogen-bond donors (Lipinski definition) is 1. The van der Waals surface area contributed by atoms with Gasteiger partial charge in [-0.3, -0.25) is 9.69 Å². The van der Waals surface area contributed by atoms with Crippen LogP contribution < -0.4 is 10.1 Å². The van der Waals surface area contributed by atoms with Gasteiger partial charge in [-0.25, -0.2) is 0 Å². The summed E-state index contributed by atoms with van der Waals surface area (Å²) in [6.45, 7) is 3.69. The summed E-state index contributed by atoms with van der Waals surface area (Å²) < 4.78 is 6.72. The van der Waals surface area contributed by atoms with Gasteiger partial charge in [-0.05, 0) is 37.2 Å². The van der Waals surface area contributed by atoms with E-state index >= 15 is 0 Å². The average Bonchev–Trinajstić information content (AvgIpc) is 2.56. The van der Waals surface area contributed by atoms with Crippen LogP contribution in [-0.4, -0.2) is 31.0 Å². The topological polar surface area (TPSA) is 41.6 Å². The molecule has 0 bridgehead atoms. The molecule has 0 spiro atoms. The van der Waals surface area contributed by atoms with Crippen molar-refractivity contribution in [1.29, 1.82) is 0 Å². The molecule has 24 heavy (non-hydrogen) atoms. The Hall–Kier alpha value is -1.85. The van der Waals surface area contributed by atoms with Gasteiger partial charge < -0.3 is 10.1 Å². The molecule has 0 aliphatic heterocycles. The minimum absolute atomic E-state index is 0.0582. The molecule has 0 aliphatic rings. The number of amides is 1. The third-order valence-electron chi connectivity index (χ3n) is 3.43. The van der Waals surface area contributed by atoms with Crippen LogP contribution in [0.2, 0.25) is 0 Å². The number of nitrogens with one attached hydrogen (secondary N) is 1. The number of halogens is 1. The number of likely N-dealkylation sites (N-methyl/N-ethyl adjacent to an activating group) is 1. The second-order valence-electron chi connectivity index (χ2n) is 5.66. The van der Waals surface area contributed by atoms with Crippen molar-refractivity contribution in [3.63, 3.8) is 0 Å². The van der Waals surface area contributed by atoms with E-state index in [9.17, 15) is 4.79 Å². The molecule has 2 aromatic carbocycles.